The third kappa shape index (κ3) is 3.53. The molecule has 3 aromatic carbocycles. The normalized spacial score (nSPS) is 12.0. The summed E-state index contributed by atoms with van der Waals surface area (Å²) in [6.07, 6.45) is -3.12. The lowest BCUT2D eigenvalue weighted by molar-refractivity contribution is -0.137. The van der Waals surface area contributed by atoms with Crippen molar-refractivity contribution in [3.63, 3.8) is 0 Å². The first-order valence-corrected chi connectivity index (χ1v) is 9.90. The minimum atomic E-state index is -4.64. The molecule has 0 fully saturated rings. The molecule has 165 valence electrons. The summed E-state index contributed by atoms with van der Waals surface area (Å²) < 4.78 is 60.7. The van der Waals surface area contributed by atoms with Crippen LogP contribution in [0.15, 0.2) is 71.3 Å². The van der Waals surface area contributed by atoms with Crippen molar-refractivity contribution < 1.29 is 26.8 Å². The van der Waals surface area contributed by atoms with Gasteiger partial charge in [0, 0.05) is 27.5 Å². The van der Waals surface area contributed by atoms with Crippen molar-refractivity contribution in [2.45, 2.75) is 12.7 Å². The van der Waals surface area contributed by atoms with Gasteiger partial charge >= 0.3 is 6.18 Å². The lowest BCUT2D eigenvalue weighted by Gasteiger charge is -2.12. The van der Waals surface area contributed by atoms with E-state index in [1.54, 1.807) is 47.0 Å². The summed E-state index contributed by atoms with van der Waals surface area (Å²) in [5, 5.41) is 1.13. The summed E-state index contributed by atoms with van der Waals surface area (Å²) in [5.74, 6) is -1.03. The van der Waals surface area contributed by atoms with Crippen LogP contribution >= 0.6 is 0 Å². The van der Waals surface area contributed by atoms with Gasteiger partial charge in [-0.1, -0.05) is 12.1 Å². The molecule has 0 spiro atoms. The van der Waals surface area contributed by atoms with Gasteiger partial charge in [-0.15, -0.1) is 0 Å². The second kappa shape index (κ2) is 7.51. The molecule has 5 aromatic rings. The van der Waals surface area contributed by atoms with Gasteiger partial charge in [-0.3, -0.25) is 4.79 Å². The van der Waals surface area contributed by atoms with E-state index in [0.717, 1.165) is 12.1 Å². The molecule has 0 bridgehead atoms. The Morgan fingerprint density at radius 2 is 1.88 bits per heavy atom. The predicted molar refractivity (Wildman–Crippen MR) is 115 cm³/mol. The first-order valence-electron chi connectivity index (χ1n) is 9.90. The molecule has 0 aliphatic heterocycles. The highest BCUT2D eigenvalue weighted by molar-refractivity contribution is 6.18. The molecule has 5 rings (SSSR count). The fourth-order valence-electron chi connectivity index (χ4n) is 4.04. The van der Waals surface area contributed by atoms with Crippen LogP contribution in [0.3, 0.4) is 0 Å². The number of fused-ring (bicyclic) bond motifs is 3. The van der Waals surface area contributed by atoms with Crippen molar-refractivity contribution in [1.82, 2.24) is 4.57 Å². The molecule has 1 radical (unpaired) electrons. The molecule has 33 heavy (non-hydrogen) atoms. The summed E-state index contributed by atoms with van der Waals surface area (Å²) in [4.78, 5) is 12.1. The van der Waals surface area contributed by atoms with Crippen molar-refractivity contribution in [2.24, 2.45) is 5.73 Å². The number of rotatable bonds is 4. The Balaban J connectivity index is 1.75. The molecule has 0 unspecified atom stereocenters. The van der Waals surface area contributed by atoms with Crippen LogP contribution in [0.25, 0.3) is 33.1 Å². The van der Waals surface area contributed by atoms with Gasteiger partial charge in [-0.25, -0.2) is 4.39 Å². The SMILES string of the molecule is NC(=O)c1cccc2c1c1[c]cc(-c3ccco3)cc1n2Cc1ccc(C(F)(F)F)cc1F. The molecule has 8 heteroatoms. The number of carbonyl (C=O) groups excluding carboxylic acids is 1. The lowest BCUT2D eigenvalue weighted by Crippen LogP contribution is -2.11. The second-order valence-corrected chi connectivity index (χ2v) is 7.58. The number of carbonyl (C=O) groups is 1. The average molecular weight is 451 g/mol. The van der Waals surface area contributed by atoms with Crippen LogP contribution < -0.4 is 5.73 Å². The summed E-state index contributed by atoms with van der Waals surface area (Å²) in [7, 11) is 0. The van der Waals surface area contributed by atoms with Crippen LogP contribution in [-0.2, 0) is 12.7 Å². The first kappa shape index (κ1) is 20.8. The number of halogens is 4. The Hall–Kier alpha value is -4.07. The molecule has 2 heterocycles. The highest BCUT2D eigenvalue weighted by atomic mass is 19.4. The topological polar surface area (TPSA) is 61.2 Å². The minimum absolute atomic E-state index is 0.0645. The van der Waals surface area contributed by atoms with E-state index in [0.29, 0.717) is 39.2 Å². The number of furan rings is 1. The van der Waals surface area contributed by atoms with Gasteiger partial charge in [0.2, 0.25) is 5.91 Å². The van der Waals surface area contributed by atoms with Gasteiger partial charge in [0.05, 0.1) is 29.4 Å². The molecule has 0 aliphatic carbocycles. The fraction of sp³-hybridized carbons (Fsp3) is 0.0800. The highest BCUT2D eigenvalue weighted by Crippen LogP contribution is 2.36. The van der Waals surface area contributed by atoms with Gasteiger partial charge in [-0.2, -0.15) is 13.2 Å². The minimum Gasteiger partial charge on any atom is -0.464 e. The van der Waals surface area contributed by atoms with E-state index >= 15 is 0 Å². The number of nitrogens with two attached hydrogens (primary N) is 1. The maximum absolute atomic E-state index is 14.7. The highest BCUT2D eigenvalue weighted by Gasteiger charge is 2.31. The standard InChI is InChI=1S/C25H15F4N2O2/c26-19-12-16(25(27,28)29)8-6-15(19)13-31-20-4-1-3-18(24(30)32)23(20)17-9-7-14(11-21(17)31)22-5-2-10-33-22/h1-8,10-12H,13H2,(H2,30,32). The third-order valence-electron chi connectivity index (χ3n) is 5.57. The van der Waals surface area contributed by atoms with Gasteiger partial charge in [-0.05, 0) is 54.6 Å². The van der Waals surface area contributed by atoms with E-state index < -0.39 is 23.5 Å². The quantitative estimate of drug-likeness (QED) is 0.333. The van der Waals surface area contributed by atoms with E-state index in [-0.39, 0.29) is 17.7 Å². The number of hydrogen-bond acceptors (Lipinski definition) is 2. The van der Waals surface area contributed by atoms with Crippen molar-refractivity contribution in [2.75, 3.05) is 0 Å². The zero-order valence-electron chi connectivity index (χ0n) is 16.9. The number of nitrogens with zero attached hydrogens (tertiary/aromatic N) is 1. The summed E-state index contributed by atoms with van der Waals surface area (Å²) in [6.45, 7) is -0.0678. The Bertz CT molecular complexity index is 1520. The number of benzene rings is 3. The van der Waals surface area contributed by atoms with Gasteiger partial charge in [0.15, 0.2) is 0 Å². The van der Waals surface area contributed by atoms with E-state index in [1.165, 1.54) is 6.26 Å². The van der Waals surface area contributed by atoms with Gasteiger partial charge < -0.3 is 14.7 Å². The largest absolute Gasteiger partial charge is 0.464 e. The van der Waals surface area contributed by atoms with E-state index in [4.69, 9.17) is 10.2 Å². The third-order valence-corrected chi connectivity index (χ3v) is 5.57. The number of amides is 1. The molecule has 2 N–H and O–H groups in total. The number of hydrogen-bond donors (Lipinski definition) is 1. The van der Waals surface area contributed by atoms with Gasteiger partial charge in [0.1, 0.15) is 11.6 Å². The Kier molecular flexibility index (Phi) is 4.74. The Labute approximate surface area is 184 Å². The molecule has 0 saturated carbocycles. The van der Waals surface area contributed by atoms with Crippen molar-refractivity contribution in [3.05, 3.63) is 95.5 Å². The zero-order valence-corrected chi connectivity index (χ0v) is 16.9. The van der Waals surface area contributed by atoms with Crippen LogP contribution in [0, 0.1) is 11.9 Å². The Morgan fingerprint density at radius 1 is 1.06 bits per heavy atom. The molecule has 4 nitrogen and oxygen atoms in total. The zero-order chi connectivity index (χ0) is 23.3. The maximum atomic E-state index is 14.7. The molecular weight excluding hydrogens is 436 g/mol. The Morgan fingerprint density at radius 3 is 2.55 bits per heavy atom. The maximum Gasteiger partial charge on any atom is 0.416 e. The van der Waals surface area contributed by atoms with Crippen LogP contribution in [-0.4, -0.2) is 10.5 Å². The predicted octanol–water partition coefficient (Wildman–Crippen LogP) is 6.16. The van der Waals surface area contributed by atoms with Crippen LogP contribution in [0.1, 0.15) is 21.5 Å². The van der Waals surface area contributed by atoms with Crippen molar-refractivity contribution in [3.8, 4) is 11.3 Å². The molecule has 0 atom stereocenters. The molecule has 2 aromatic heterocycles. The van der Waals surface area contributed by atoms with Crippen LogP contribution in [0.2, 0.25) is 0 Å². The summed E-state index contributed by atoms with van der Waals surface area (Å²) in [6, 6.07) is 17.6. The molecular formula is C25H15F4N2O2. The molecule has 1 amide bonds. The smallest absolute Gasteiger partial charge is 0.416 e. The number of primary amides is 1. The average Bonchev–Trinajstić information content (AvgIpc) is 3.41. The van der Waals surface area contributed by atoms with E-state index in [1.807, 2.05) is 0 Å². The van der Waals surface area contributed by atoms with Crippen LogP contribution in [0.4, 0.5) is 17.6 Å². The molecule has 0 saturated heterocycles. The van der Waals surface area contributed by atoms with Gasteiger partial charge in [0.25, 0.3) is 0 Å². The van der Waals surface area contributed by atoms with E-state index in [2.05, 4.69) is 6.07 Å². The number of alkyl halides is 3. The van der Waals surface area contributed by atoms with Crippen LogP contribution in [0.5, 0.6) is 0 Å². The summed E-state index contributed by atoms with van der Waals surface area (Å²) >= 11 is 0. The van der Waals surface area contributed by atoms with Crippen molar-refractivity contribution in [1.29, 1.82) is 0 Å². The first-order chi connectivity index (χ1) is 15.7. The molecule has 0 aliphatic rings. The number of aromatic nitrogens is 1. The summed E-state index contributed by atoms with van der Waals surface area (Å²) in [5.41, 5.74) is 6.73. The second-order valence-electron chi connectivity index (χ2n) is 7.58. The monoisotopic (exact) mass is 451 g/mol. The lowest BCUT2D eigenvalue weighted by atomic mass is 10.0. The van der Waals surface area contributed by atoms with E-state index in [9.17, 15) is 22.4 Å². The fourth-order valence-corrected chi connectivity index (χ4v) is 4.04. The van der Waals surface area contributed by atoms with Crippen molar-refractivity contribution >= 4 is 27.7 Å².